The molecule has 0 aromatic heterocycles. The molecule has 0 spiro atoms. The molecule has 148 valence electrons. The monoisotopic (exact) mass is 390 g/mol. The topological polar surface area (TPSA) is 57.7 Å². The normalized spacial score (nSPS) is 25.9. The fraction of sp³-hybridized carbons (Fsp3) is 0.667. The number of sulfone groups is 1. The van der Waals surface area contributed by atoms with Crippen LogP contribution in [0.4, 0.5) is 0 Å². The Kier molecular flexibility index (Phi) is 5.55. The summed E-state index contributed by atoms with van der Waals surface area (Å²) in [5, 5.41) is 0. The van der Waals surface area contributed by atoms with Gasteiger partial charge >= 0.3 is 0 Å². The summed E-state index contributed by atoms with van der Waals surface area (Å²) in [6.45, 7) is 2.11. The second-order valence-electron chi connectivity index (χ2n) is 8.38. The smallest absolute Gasteiger partial charge is 0.237 e. The summed E-state index contributed by atoms with van der Waals surface area (Å²) in [6.07, 6.45) is 7.13. The molecule has 1 aromatic carbocycles. The van der Waals surface area contributed by atoms with Crippen molar-refractivity contribution in [2.75, 3.05) is 24.6 Å². The third-order valence-electron chi connectivity index (χ3n) is 6.43. The van der Waals surface area contributed by atoms with Gasteiger partial charge in [-0.15, -0.1) is 0 Å². The highest BCUT2D eigenvalue weighted by Crippen LogP contribution is 2.29. The molecule has 5 nitrogen and oxygen atoms in total. The van der Waals surface area contributed by atoms with E-state index in [-0.39, 0.29) is 29.5 Å². The Labute approximate surface area is 162 Å². The SMILES string of the molecule is O=C(CN1CCc2ccccc2C1)N(C1CCCCC1)[C@@H]1CCS(=O)(=O)C1. The van der Waals surface area contributed by atoms with Crippen LogP contribution in [-0.2, 0) is 27.6 Å². The molecule has 2 aliphatic heterocycles. The summed E-state index contributed by atoms with van der Waals surface area (Å²) in [4.78, 5) is 17.5. The molecule has 4 rings (SSSR count). The average molecular weight is 391 g/mol. The Morgan fingerprint density at radius 1 is 1.04 bits per heavy atom. The van der Waals surface area contributed by atoms with E-state index in [0.717, 1.165) is 45.2 Å². The zero-order valence-corrected chi connectivity index (χ0v) is 16.8. The van der Waals surface area contributed by atoms with Gasteiger partial charge in [0.15, 0.2) is 9.84 Å². The summed E-state index contributed by atoms with van der Waals surface area (Å²) in [6, 6.07) is 8.55. The number of hydrogen-bond donors (Lipinski definition) is 0. The van der Waals surface area contributed by atoms with E-state index >= 15 is 0 Å². The van der Waals surface area contributed by atoms with Crippen molar-refractivity contribution in [1.82, 2.24) is 9.80 Å². The fourth-order valence-electron chi connectivity index (χ4n) is 5.02. The number of carbonyl (C=O) groups is 1. The number of benzene rings is 1. The van der Waals surface area contributed by atoms with Gasteiger partial charge in [-0.25, -0.2) is 8.42 Å². The molecule has 1 amide bonds. The van der Waals surface area contributed by atoms with E-state index < -0.39 is 9.84 Å². The largest absolute Gasteiger partial charge is 0.335 e. The second-order valence-corrected chi connectivity index (χ2v) is 10.6. The standard InChI is InChI=1S/C21H30N2O3S/c24-21(15-22-12-10-17-6-4-5-7-18(17)14-22)23(19-8-2-1-3-9-19)20-11-13-27(25,26)16-20/h4-7,19-20H,1-3,8-16H2/t20-/m1/s1. The Hall–Kier alpha value is -1.40. The number of nitrogens with zero attached hydrogens (tertiary/aromatic N) is 2. The number of carbonyl (C=O) groups excluding carboxylic acids is 1. The van der Waals surface area contributed by atoms with Crippen LogP contribution in [0, 0.1) is 0 Å². The summed E-state index contributed by atoms with van der Waals surface area (Å²) < 4.78 is 24.1. The third-order valence-corrected chi connectivity index (χ3v) is 8.18. The Morgan fingerprint density at radius 3 is 2.48 bits per heavy atom. The highest BCUT2D eigenvalue weighted by atomic mass is 32.2. The van der Waals surface area contributed by atoms with Gasteiger partial charge in [0, 0.05) is 25.2 Å². The van der Waals surface area contributed by atoms with Gasteiger partial charge in [0.25, 0.3) is 0 Å². The maximum Gasteiger partial charge on any atom is 0.237 e. The maximum absolute atomic E-state index is 13.3. The number of rotatable bonds is 4. The number of hydrogen-bond acceptors (Lipinski definition) is 4. The molecular formula is C21H30N2O3S. The summed E-state index contributed by atoms with van der Waals surface area (Å²) in [5.41, 5.74) is 2.69. The summed E-state index contributed by atoms with van der Waals surface area (Å²) in [5.74, 6) is 0.506. The van der Waals surface area contributed by atoms with E-state index in [1.54, 1.807) is 0 Å². The predicted molar refractivity (Wildman–Crippen MR) is 106 cm³/mol. The first-order chi connectivity index (χ1) is 13.0. The van der Waals surface area contributed by atoms with Gasteiger partial charge in [-0.1, -0.05) is 43.5 Å². The molecule has 0 unspecified atom stereocenters. The Bertz CT molecular complexity index is 786. The van der Waals surface area contributed by atoms with Crippen molar-refractivity contribution in [2.24, 2.45) is 0 Å². The van der Waals surface area contributed by atoms with E-state index in [4.69, 9.17) is 0 Å². The Balaban J connectivity index is 1.47. The molecule has 0 radical (unpaired) electrons. The highest BCUT2D eigenvalue weighted by Gasteiger charge is 2.38. The minimum atomic E-state index is -2.99. The zero-order valence-electron chi connectivity index (χ0n) is 16.0. The van der Waals surface area contributed by atoms with E-state index in [1.807, 2.05) is 4.90 Å². The lowest BCUT2D eigenvalue weighted by atomic mass is 9.92. The first-order valence-electron chi connectivity index (χ1n) is 10.3. The van der Waals surface area contributed by atoms with Gasteiger partial charge in [0.05, 0.1) is 18.1 Å². The highest BCUT2D eigenvalue weighted by molar-refractivity contribution is 7.91. The van der Waals surface area contributed by atoms with Crippen LogP contribution < -0.4 is 0 Å². The van der Waals surface area contributed by atoms with Crippen molar-refractivity contribution in [3.05, 3.63) is 35.4 Å². The molecule has 1 saturated heterocycles. The summed E-state index contributed by atoms with van der Waals surface area (Å²) in [7, 11) is -2.99. The molecule has 1 saturated carbocycles. The molecule has 27 heavy (non-hydrogen) atoms. The van der Waals surface area contributed by atoms with Gasteiger partial charge in [-0.05, 0) is 36.8 Å². The zero-order chi connectivity index (χ0) is 18.9. The van der Waals surface area contributed by atoms with Crippen LogP contribution in [0.25, 0.3) is 0 Å². The molecule has 3 aliphatic rings. The predicted octanol–water partition coefficient (Wildman–Crippen LogP) is 2.39. The van der Waals surface area contributed by atoms with Crippen LogP contribution in [-0.4, -0.2) is 60.8 Å². The third kappa shape index (κ3) is 4.37. The maximum atomic E-state index is 13.3. The van der Waals surface area contributed by atoms with E-state index in [9.17, 15) is 13.2 Å². The van der Waals surface area contributed by atoms with Crippen molar-refractivity contribution in [3.63, 3.8) is 0 Å². The van der Waals surface area contributed by atoms with E-state index in [1.165, 1.54) is 17.5 Å². The second kappa shape index (κ2) is 7.92. The fourth-order valence-corrected chi connectivity index (χ4v) is 6.73. The van der Waals surface area contributed by atoms with Gasteiger partial charge < -0.3 is 4.90 Å². The molecule has 2 fully saturated rings. The van der Waals surface area contributed by atoms with Crippen LogP contribution in [0.2, 0.25) is 0 Å². The van der Waals surface area contributed by atoms with E-state index in [0.29, 0.717) is 13.0 Å². The lowest BCUT2D eigenvalue weighted by molar-refractivity contribution is -0.138. The molecule has 2 heterocycles. The van der Waals surface area contributed by atoms with Crippen molar-refractivity contribution >= 4 is 15.7 Å². The van der Waals surface area contributed by atoms with Crippen molar-refractivity contribution in [1.29, 1.82) is 0 Å². The first kappa shape index (κ1) is 18.9. The Morgan fingerprint density at radius 2 is 1.78 bits per heavy atom. The van der Waals surface area contributed by atoms with Gasteiger partial charge in [-0.3, -0.25) is 9.69 Å². The number of fused-ring (bicyclic) bond motifs is 1. The molecular weight excluding hydrogens is 360 g/mol. The van der Waals surface area contributed by atoms with Crippen LogP contribution in [0.15, 0.2) is 24.3 Å². The first-order valence-corrected chi connectivity index (χ1v) is 12.1. The van der Waals surface area contributed by atoms with Crippen molar-refractivity contribution in [3.8, 4) is 0 Å². The van der Waals surface area contributed by atoms with Crippen LogP contribution >= 0.6 is 0 Å². The molecule has 6 heteroatoms. The molecule has 0 N–H and O–H groups in total. The van der Waals surface area contributed by atoms with E-state index in [2.05, 4.69) is 29.2 Å². The minimum Gasteiger partial charge on any atom is -0.335 e. The van der Waals surface area contributed by atoms with Crippen molar-refractivity contribution < 1.29 is 13.2 Å². The van der Waals surface area contributed by atoms with Gasteiger partial charge in [-0.2, -0.15) is 0 Å². The van der Waals surface area contributed by atoms with Crippen LogP contribution in [0.1, 0.15) is 49.7 Å². The molecule has 1 aliphatic carbocycles. The summed E-state index contributed by atoms with van der Waals surface area (Å²) >= 11 is 0. The van der Waals surface area contributed by atoms with Gasteiger partial charge in [0.1, 0.15) is 0 Å². The quantitative estimate of drug-likeness (QED) is 0.792. The minimum absolute atomic E-state index is 0.123. The molecule has 0 bridgehead atoms. The van der Waals surface area contributed by atoms with Crippen LogP contribution in [0.3, 0.4) is 0 Å². The lowest BCUT2D eigenvalue weighted by Gasteiger charge is -2.40. The van der Waals surface area contributed by atoms with Gasteiger partial charge in [0.2, 0.25) is 5.91 Å². The molecule has 1 atom stereocenters. The lowest BCUT2D eigenvalue weighted by Crippen LogP contribution is -2.52. The average Bonchev–Trinajstić information content (AvgIpc) is 3.02. The van der Waals surface area contributed by atoms with Crippen LogP contribution in [0.5, 0.6) is 0 Å². The number of amides is 1. The molecule has 1 aromatic rings. The van der Waals surface area contributed by atoms with Crippen molar-refractivity contribution in [2.45, 2.75) is 63.6 Å².